The summed E-state index contributed by atoms with van der Waals surface area (Å²) in [5.74, 6) is -0.515. The van der Waals surface area contributed by atoms with Crippen molar-refractivity contribution in [3.8, 4) is 0 Å². The third-order valence-electron chi connectivity index (χ3n) is 4.16. The Hall–Kier alpha value is -2.38. The minimum absolute atomic E-state index is 0.180. The second-order valence-corrected chi connectivity index (χ2v) is 7.94. The van der Waals surface area contributed by atoms with Gasteiger partial charge in [-0.15, -0.1) is 11.3 Å². The zero-order chi connectivity index (χ0) is 18.1. The molecule has 1 aromatic carbocycles. The van der Waals surface area contributed by atoms with Crippen LogP contribution in [0.3, 0.4) is 0 Å². The van der Waals surface area contributed by atoms with Crippen LogP contribution in [0.2, 0.25) is 4.34 Å². The largest absolute Gasteiger partial charge is 0.382 e. The first-order valence-corrected chi connectivity index (χ1v) is 9.49. The highest BCUT2D eigenvalue weighted by molar-refractivity contribution is 7.18. The number of benzene rings is 1. The molecule has 26 heavy (non-hydrogen) atoms. The molecule has 2 heterocycles. The van der Waals surface area contributed by atoms with Gasteiger partial charge in [0.05, 0.1) is 20.5 Å². The second-order valence-electron chi connectivity index (χ2n) is 6.22. The minimum atomic E-state index is -0.731. The van der Waals surface area contributed by atoms with Crippen LogP contribution < -0.4 is 10.6 Å². The maximum Gasteiger partial charge on any atom is 0.268 e. The minimum Gasteiger partial charge on any atom is -0.382 e. The maximum absolute atomic E-state index is 12.5. The molecule has 0 spiro atoms. The van der Waals surface area contributed by atoms with Crippen molar-refractivity contribution in [2.75, 3.05) is 5.32 Å². The van der Waals surface area contributed by atoms with Gasteiger partial charge in [-0.05, 0) is 37.1 Å². The summed E-state index contributed by atoms with van der Waals surface area (Å²) in [6, 6.07) is 10.8. The van der Waals surface area contributed by atoms with Gasteiger partial charge in [0, 0.05) is 12.5 Å². The average molecular weight is 390 g/mol. The summed E-state index contributed by atoms with van der Waals surface area (Å²) in [4.78, 5) is 31.0. The number of nitrogens with one attached hydrogen (secondary N) is 2. The molecule has 0 bridgehead atoms. The monoisotopic (exact) mass is 389 g/mol. The molecule has 0 unspecified atom stereocenters. The fourth-order valence-corrected chi connectivity index (χ4v) is 3.66. The Morgan fingerprint density at radius 3 is 2.73 bits per heavy atom. The average Bonchev–Trinajstić information content (AvgIpc) is 3.12. The number of halogens is 1. The van der Waals surface area contributed by atoms with Gasteiger partial charge >= 0.3 is 0 Å². The third kappa shape index (κ3) is 3.73. The van der Waals surface area contributed by atoms with Crippen molar-refractivity contribution in [1.82, 2.24) is 5.32 Å². The molecule has 1 aliphatic carbocycles. The molecule has 1 saturated carbocycles. The van der Waals surface area contributed by atoms with E-state index in [9.17, 15) is 9.59 Å². The van der Waals surface area contributed by atoms with E-state index in [1.165, 1.54) is 11.3 Å². The number of carbonyl (C=O) groups is 2. The van der Waals surface area contributed by atoms with Gasteiger partial charge < -0.3 is 15.5 Å². The van der Waals surface area contributed by atoms with E-state index in [0.717, 1.165) is 17.7 Å². The van der Waals surface area contributed by atoms with E-state index in [0.29, 0.717) is 27.7 Å². The molecule has 134 valence electrons. The van der Waals surface area contributed by atoms with Crippen LogP contribution in [0.4, 0.5) is 5.69 Å². The summed E-state index contributed by atoms with van der Waals surface area (Å²) < 4.78 is 0.659. The summed E-state index contributed by atoms with van der Waals surface area (Å²) in [6.07, 6.45) is 1.64. The lowest BCUT2D eigenvalue weighted by Crippen LogP contribution is -2.30. The van der Waals surface area contributed by atoms with Gasteiger partial charge in [-0.25, -0.2) is 0 Å². The highest BCUT2D eigenvalue weighted by atomic mass is 35.5. The first-order chi connectivity index (χ1) is 12.6. The molecule has 8 heteroatoms. The number of hydrogen-bond acceptors (Lipinski definition) is 5. The van der Waals surface area contributed by atoms with E-state index in [-0.39, 0.29) is 17.9 Å². The second kappa shape index (κ2) is 7.09. The fourth-order valence-electron chi connectivity index (χ4n) is 2.63. The number of carbonyl (C=O) groups excluding carboxylic acids is 2. The molecule has 2 aromatic rings. The van der Waals surface area contributed by atoms with Crippen LogP contribution in [0.1, 0.15) is 34.5 Å². The van der Waals surface area contributed by atoms with Crippen molar-refractivity contribution in [2.45, 2.75) is 31.4 Å². The van der Waals surface area contributed by atoms with E-state index >= 15 is 0 Å². The van der Waals surface area contributed by atoms with E-state index in [1.807, 2.05) is 6.07 Å². The Balaban J connectivity index is 1.42. The zero-order valence-corrected chi connectivity index (χ0v) is 15.3. The Bertz CT molecular complexity index is 891. The quantitative estimate of drug-likeness (QED) is 0.822. The first kappa shape index (κ1) is 17.1. The van der Waals surface area contributed by atoms with Gasteiger partial charge in [-0.2, -0.15) is 0 Å². The van der Waals surface area contributed by atoms with Gasteiger partial charge in [-0.3, -0.25) is 9.59 Å². The van der Waals surface area contributed by atoms with Crippen molar-refractivity contribution in [2.24, 2.45) is 5.16 Å². The van der Waals surface area contributed by atoms with Gasteiger partial charge in [0.25, 0.3) is 11.8 Å². The maximum atomic E-state index is 12.5. The van der Waals surface area contributed by atoms with Crippen LogP contribution in [-0.4, -0.2) is 29.7 Å². The molecule has 2 aliphatic rings. The molecule has 0 saturated heterocycles. The van der Waals surface area contributed by atoms with E-state index < -0.39 is 6.10 Å². The molecule has 1 aliphatic heterocycles. The van der Waals surface area contributed by atoms with Gasteiger partial charge in [-0.1, -0.05) is 28.9 Å². The van der Waals surface area contributed by atoms with Crippen molar-refractivity contribution >= 4 is 46.2 Å². The van der Waals surface area contributed by atoms with E-state index in [1.54, 1.807) is 30.3 Å². The standard InChI is InChI=1S/C18H16ClN3O3S/c19-16-8-7-15(26-16)13-9-14(25-22-13)18(24)21-12-4-2-1-3-11(12)17(23)20-10-5-6-10/h1-4,7-8,10,14H,5-6,9H2,(H,20,23)(H,21,24)/t14-/m0/s1. The number of para-hydroxylation sites is 1. The number of rotatable bonds is 5. The molecule has 1 fully saturated rings. The summed E-state index contributed by atoms with van der Waals surface area (Å²) in [5.41, 5.74) is 1.60. The Morgan fingerprint density at radius 1 is 1.19 bits per heavy atom. The lowest BCUT2D eigenvalue weighted by Gasteiger charge is -2.13. The SMILES string of the molecule is O=C(NC1CC1)c1ccccc1NC(=O)[C@@H]1CC(c2ccc(Cl)s2)=NO1. The lowest BCUT2D eigenvalue weighted by molar-refractivity contribution is -0.125. The highest BCUT2D eigenvalue weighted by Crippen LogP contribution is 2.27. The molecule has 4 rings (SSSR count). The fraction of sp³-hybridized carbons (Fsp3) is 0.278. The Labute approximate surface area is 159 Å². The summed E-state index contributed by atoms with van der Waals surface area (Å²) in [6.45, 7) is 0. The molecular weight excluding hydrogens is 374 g/mol. The summed E-state index contributed by atoms with van der Waals surface area (Å²) in [7, 11) is 0. The molecular formula is C18H16ClN3O3S. The van der Waals surface area contributed by atoms with E-state index in [4.69, 9.17) is 16.4 Å². The topological polar surface area (TPSA) is 79.8 Å². The van der Waals surface area contributed by atoms with Crippen LogP contribution in [-0.2, 0) is 9.63 Å². The number of anilines is 1. The third-order valence-corrected chi connectivity index (χ3v) is 5.44. The molecule has 1 atom stereocenters. The first-order valence-electron chi connectivity index (χ1n) is 8.29. The van der Waals surface area contributed by atoms with Crippen molar-refractivity contribution in [3.63, 3.8) is 0 Å². The zero-order valence-electron chi connectivity index (χ0n) is 13.7. The van der Waals surface area contributed by atoms with Crippen LogP contribution in [0.15, 0.2) is 41.6 Å². The number of oxime groups is 1. The molecule has 1 aromatic heterocycles. The number of amides is 2. The van der Waals surface area contributed by atoms with Gasteiger partial charge in [0.15, 0.2) is 0 Å². The predicted octanol–water partition coefficient (Wildman–Crippen LogP) is 3.43. The molecule has 6 nitrogen and oxygen atoms in total. The number of thiophene rings is 1. The predicted molar refractivity (Wildman–Crippen MR) is 101 cm³/mol. The highest BCUT2D eigenvalue weighted by Gasteiger charge is 2.31. The lowest BCUT2D eigenvalue weighted by atomic mass is 10.1. The smallest absolute Gasteiger partial charge is 0.268 e. The van der Waals surface area contributed by atoms with Crippen LogP contribution in [0.5, 0.6) is 0 Å². The Kier molecular flexibility index (Phi) is 4.65. The van der Waals surface area contributed by atoms with Crippen LogP contribution in [0.25, 0.3) is 0 Å². The van der Waals surface area contributed by atoms with Crippen LogP contribution in [0, 0.1) is 0 Å². The number of hydrogen-bond donors (Lipinski definition) is 2. The van der Waals surface area contributed by atoms with Gasteiger partial charge in [0.1, 0.15) is 5.71 Å². The molecule has 2 amide bonds. The summed E-state index contributed by atoms with van der Waals surface area (Å²) >= 11 is 7.33. The van der Waals surface area contributed by atoms with E-state index in [2.05, 4.69) is 15.8 Å². The molecule has 2 N–H and O–H groups in total. The van der Waals surface area contributed by atoms with Crippen molar-refractivity contribution in [3.05, 3.63) is 51.2 Å². The summed E-state index contributed by atoms with van der Waals surface area (Å²) in [5, 5.41) is 9.71. The van der Waals surface area contributed by atoms with Crippen molar-refractivity contribution < 1.29 is 14.4 Å². The molecule has 0 radical (unpaired) electrons. The number of nitrogens with zero attached hydrogens (tertiary/aromatic N) is 1. The van der Waals surface area contributed by atoms with Crippen molar-refractivity contribution in [1.29, 1.82) is 0 Å². The van der Waals surface area contributed by atoms with Crippen LogP contribution >= 0.6 is 22.9 Å². The Morgan fingerprint density at radius 2 is 2.00 bits per heavy atom. The van der Waals surface area contributed by atoms with Gasteiger partial charge in [0.2, 0.25) is 6.10 Å². The normalized spacial score (nSPS) is 18.8.